The van der Waals surface area contributed by atoms with Gasteiger partial charge in [0.1, 0.15) is 0 Å². The van der Waals surface area contributed by atoms with Crippen LogP contribution >= 0.6 is 0 Å². The molecule has 0 atom stereocenters. The second-order valence-corrected chi connectivity index (χ2v) is 3.08. The molecule has 2 nitrogen and oxygen atoms in total. The van der Waals surface area contributed by atoms with Gasteiger partial charge in [-0.15, -0.1) is 0 Å². The normalized spacial score (nSPS) is 9.71. The number of nitrogens with zero attached hydrogens (tertiary/aromatic N) is 1. The molecule has 0 spiro atoms. The summed E-state index contributed by atoms with van der Waals surface area (Å²) in [7, 11) is 0. The number of aromatic nitrogens is 2. The number of hydrogen-bond acceptors (Lipinski definition) is 1. The molecule has 1 aromatic heterocycles. The molecule has 1 N–H and O–H groups in total. The van der Waals surface area contributed by atoms with Crippen LogP contribution in [0, 0.1) is 6.92 Å². The van der Waals surface area contributed by atoms with Crippen molar-refractivity contribution in [2.45, 2.75) is 34.1 Å². The van der Waals surface area contributed by atoms with Crippen molar-refractivity contribution in [3.05, 3.63) is 29.5 Å². The fraction of sp³-hybridized carbons (Fsp3) is 0.417. The molecule has 76 valence electrons. The van der Waals surface area contributed by atoms with Gasteiger partial charge in [-0.2, -0.15) is 5.10 Å². The minimum atomic E-state index is 1.01. The van der Waals surface area contributed by atoms with Gasteiger partial charge in [-0.25, -0.2) is 0 Å². The summed E-state index contributed by atoms with van der Waals surface area (Å²) in [6, 6.07) is 6.36. The smallest absolute Gasteiger partial charge is 0.0926 e. The van der Waals surface area contributed by atoms with Crippen molar-refractivity contribution in [3.63, 3.8) is 0 Å². The minimum Gasteiger partial charge on any atom is -0.281 e. The summed E-state index contributed by atoms with van der Waals surface area (Å²) >= 11 is 0. The molecule has 0 aliphatic heterocycles. The lowest BCUT2D eigenvalue weighted by molar-refractivity contribution is 0.988. The van der Waals surface area contributed by atoms with Crippen molar-refractivity contribution in [1.29, 1.82) is 0 Å². The summed E-state index contributed by atoms with van der Waals surface area (Å²) in [4.78, 5) is 0. The first-order valence-electron chi connectivity index (χ1n) is 5.25. The van der Waals surface area contributed by atoms with E-state index in [1.165, 1.54) is 16.6 Å². The summed E-state index contributed by atoms with van der Waals surface area (Å²) in [6.07, 6.45) is 1.01. The molecule has 0 amide bonds. The fourth-order valence-electron chi connectivity index (χ4n) is 1.45. The predicted octanol–water partition coefficient (Wildman–Crippen LogP) is 3.46. The fourth-order valence-corrected chi connectivity index (χ4v) is 1.45. The third kappa shape index (κ3) is 1.95. The second kappa shape index (κ2) is 4.80. The number of H-pyrrole nitrogens is 1. The topological polar surface area (TPSA) is 28.7 Å². The molecule has 0 bridgehead atoms. The first-order valence-corrected chi connectivity index (χ1v) is 5.25. The summed E-state index contributed by atoms with van der Waals surface area (Å²) in [5.41, 5.74) is 3.56. The number of rotatable bonds is 1. The van der Waals surface area contributed by atoms with Crippen LogP contribution in [0.15, 0.2) is 18.2 Å². The van der Waals surface area contributed by atoms with Gasteiger partial charge >= 0.3 is 0 Å². The largest absolute Gasteiger partial charge is 0.281 e. The Bertz CT molecular complexity index is 402. The molecule has 1 heterocycles. The van der Waals surface area contributed by atoms with E-state index in [1.54, 1.807) is 0 Å². The molecule has 0 aliphatic rings. The van der Waals surface area contributed by atoms with Crippen LogP contribution in [0.25, 0.3) is 10.9 Å². The van der Waals surface area contributed by atoms with E-state index >= 15 is 0 Å². The lowest BCUT2D eigenvalue weighted by Gasteiger charge is -1.92. The average Bonchev–Trinajstić information content (AvgIpc) is 2.62. The van der Waals surface area contributed by atoms with Crippen LogP contribution in [0.3, 0.4) is 0 Å². The zero-order valence-corrected chi connectivity index (χ0v) is 9.39. The van der Waals surface area contributed by atoms with Gasteiger partial charge in [-0.05, 0) is 25.0 Å². The number of hydrogen-bond donors (Lipinski definition) is 1. The van der Waals surface area contributed by atoms with Crippen molar-refractivity contribution in [1.82, 2.24) is 10.2 Å². The molecular formula is C12H18N2. The number of aryl methyl sites for hydroxylation is 2. The van der Waals surface area contributed by atoms with E-state index in [0.29, 0.717) is 0 Å². The molecule has 2 heteroatoms. The van der Waals surface area contributed by atoms with Crippen molar-refractivity contribution >= 4 is 10.9 Å². The van der Waals surface area contributed by atoms with E-state index < -0.39 is 0 Å². The van der Waals surface area contributed by atoms with Gasteiger partial charge in [0.2, 0.25) is 0 Å². The average molecular weight is 190 g/mol. The Balaban J connectivity index is 0.000000461. The molecule has 0 unspecified atom stereocenters. The number of fused-ring (bicyclic) bond motifs is 1. The van der Waals surface area contributed by atoms with Gasteiger partial charge in [0.25, 0.3) is 0 Å². The maximum absolute atomic E-state index is 4.23. The van der Waals surface area contributed by atoms with Crippen molar-refractivity contribution in [2.24, 2.45) is 0 Å². The predicted molar refractivity (Wildman–Crippen MR) is 61.6 cm³/mol. The van der Waals surface area contributed by atoms with Gasteiger partial charge in [0.15, 0.2) is 0 Å². The standard InChI is InChI=1S/C10H12N2.C2H6/c1-3-9-8-5-4-7(2)6-10(8)12-11-9;1-2/h4-6H,3H2,1-2H3,(H,11,12);1-2H3. The van der Waals surface area contributed by atoms with Gasteiger partial charge in [0.05, 0.1) is 5.52 Å². The molecule has 2 rings (SSSR count). The number of nitrogens with one attached hydrogen (secondary N) is 1. The zero-order valence-electron chi connectivity index (χ0n) is 9.39. The maximum atomic E-state index is 4.23. The molecule has 1 aromatic carbocycles. The number of aromatic amines is 1. The Morgan fingerprint density at radius 1 is 1.29 bits per heavy atom. The molecule has 2 aromatic rings. The van der Waals surface area contributed by atoms with Gasteiger partial charge in [-0.1, -0.05) is 32.9 Å². The van der Waals surface area contributed by atoms with E-state index in [1.807, 2.05) is 13.8 Å². The highest BCUT2D eigenvalue weighted by Gasteiger charge is 2.01. The summed E-state index contributed by atoms with van der Waals surface area (Å²) in [5.74, 6) is 0. The highest BCUT2D eigenvalue weighted by Crippen LogP contribution is 2.17. The lowest BCUT2D eigenvalue weighted by atomic mass is 10.1. The van der Waals surface area contributed by atoms with Crippen molar-refractivity contribution in [2.75, 3.05) is 0 Å². The quantitative estimate of drug-likeness (QED) is 0.733. The Hall–Kier alpha value is -1.31. The monoisotopic (exact) mass is 190 g/mol. The van der Waals surface area contributed by atoms with E-state index in [2.05, 4.69) is 42.2 Å². The third-order valence-corrected chi connectivity index (χ3v) is 2.14. The Morgan fingerprint density at radius 2 is 2.00 bits per heavy atom. The lowest BCUT2D eigenvalue weighted by Crippen LogP contribution is -1.78. The van der Waals surface area contributed by atoms with Gasteiger partial charge in [0, 0.05) is 11.1 Å². The molecule has 0 aliphatic carbocycles. The summed E-state index contributed by atoms with van der Waals surface area (Å²) in [5, 5.41) is 8.52. The molecule has 0 fully saturated rings. The molecule has 0 radical (unpaired) electrons. The first kappa shape index (κ1) is 10.8. The number of benzene rings is 1. The van der Waals surface area contributed by atoms with E-state index in [9.17, 15) is 0 Å². The van der Waals surface area contributed by atoms with Crippen molar-refractivity contribution in [3.8, 4) is 0 Å². The van der Waals surface area contributed by atoms with Gasteiger partial charge < -0.3 is 0 Å². The van der Waals surface area contributed by atoms with E-state index in [4.69, 9.17) is 0 Å². The van der Waals surface area contributed by atoms with Crippen LogP contribution < -0.4 is 0 Å². The van der Waals surface area contributed by atoms with Crippen LogP contribution in [-0.2, 0) is 6.42 Å². The maximum Gasteiger partial charge on any atom is 0.0926 e. The van der Waals surface area contributed by atoms with Gasteiger partial charge in [-0.3, -0.25) is 5.10 Å². The summed E-state index contributed by atoms with van der Waals surface area (Å²) in [6.45, 7) is 8.21. The highest BCUT2D eigenvalue weighted by atomic mass is 15.1. The van der Waals surface area contributed by atoms with Crippen LogP contribution in [-0.4, -0.2) is 10.2 Å². The Labute approximate surface area is 85.3 Å². The first-order chi connectivity index (χ1) is 6.81. The van der Waals surface area contributed by atoms with E-state index in [-0.39, 0.29) is 0 Å². The van der Waals surface area contributed by atoms with E-state index in [0.717, 1.165) is 11.9 Å². The van der Waals surface area contributed by atoms with Crippen LogP contribution in [0.5, 0.6) is 0 Å². The molecular weight excluding hydrogens is 172 g/mol. The molecule has 14 heavy (non-hydrogen) atoms. The van der Waals surface area contributed by atoms with Crippen molar-refractivity contribution < 1.29 is 0 Å². The second-order valence-electron chi connectivity index (χ2n) is 3.08. The minimum absolute atomic E-state index is 1.01. The molecule has 0 saturated heterocycles. The third-order valence-electron chi connectivity index (χ3n) is 2.14. The molecule has 0 saturated carbocycles. The Morgan fingerprint density at radius 3 is 2.64 bits per heavy atom. The van der Waals surface area contributed by atoms with Crippen LogP contribution in [0.2, 0.25) is 0 Å². The SMILES string of the molecule is CC.CCc1[nH]nc2cc(C)ccc12. The summed E-state index contributed by atoms with van der Waals surface area (Å²) < 4.78 is 0. The Kier molecular flexibility index (Phi) is 3.69. The zero-order chi connectivity index (χ0) is 10.6. The van der Waals surface area contributed by atoms with Crippen LogP contribution in [0.4, 0.5) is 0 Å². The van der Waals surface area contributed by atoms with Crippen LogP contribution in [0.1, 0.15) is 32.0 Å². The highest BCUT2D eigenvalue weighted by molar-refractivity contribution is 5.81.